The first-order valence-corrected chi connectivity index (χ1v) is 7.48. The molecule has 6 heteroatoms. The number of nitrogens with zero attached hydrogens (tertiary/aromatic N) is 1. The highest BCUT2D eigenvalue weighted by molar-refractivity contribution is 5.92. The van der Waals surface area contributed by atoms with Crippen molar-refractivity contribution in [2.45, 2.75) is 33.3 Å². The molecule has 1 aromatic heterocycles. The molecule has 0 saturated heterocycles. The van der Waals surface area contributed by atoms with Crippen LogP contribution < -0.4 is 10.1 Å². The Hall–Kier alpha value is -2.89. The fourth-order valence-corrected chi connectivity index (χ4v) is 1.83. The number of amides is 1. The lowest BCUT2D eigenvalue weighted by molar-refractivity contribution is 0.0635. The smallest absolute Gasteiger partial charge is 0.412 e. The van der Waals surface area contributed by atoms with Crippen molar-refractivity contribution >= 4 is 17.6 Å². The molecule has 1 aromatic carbocycles. The highest BCUT2D eigenvalue weighted by Gasteiger charge is 2.16. The van der Waals surface area contributed by atoms with Crippen LogP contribution in [-0.2, 0) is 4.74 Å². The van der Waals surface area contributed by atoms with Crippen LogP contribution in [0.2, 0.25) is 0 Å². The van der Waals surface area contributed by atoms with Gasteiger partial charge in [0.1, 0.15) is 22.8 Å². The predicted molar refractivity (Wildman–Crippen MR) is 90.6 cm³/mol. The zero-order valence-electron chi connectivity index (χ0n) is 14.1. The highest BCUT2D eigenvalue weighted by atomic mass is 16.6. The lowest BCUT2D eigenvalue weighted by Gasteiger charge is -2.19. The van der Waals surface area contributed by atoms with Crippen LogP contribution in [0.5, 0.6) is 11.5 Å². The number of pyridine rings is 1. The van der Waals surface area contributed by atoms with Crippen molar-refractivity contribution in [1.82, 2.24) is 4.98 Å². The fraction of sp³-hybridized carbons (Fsp3) is 0.278. The number of anilines is 1. The first-order chi connectivity index (χ1) is 11.2. The van der Waals surface area contributed by atoms with Crippen LogP contribution in [-0.4, -0.2) is 22.5 Å². The number of rotatable bonds is 4. The quantitative estimate of drug-likeness (QED) is 0.840. The van der Waals surface area contributed by atoms with E-state index in [0.29, 0.717) is 22.9 Å². The number of benzene rings is 1. The Morgan fingerprint density at radius 1 is 1.04 bits per heavy atom. The minimum absolute atomic E-state index is 0.127. The van der Waals surface area contributed by atoms with Gasteiger partial charge in [-0.25, -0.2) is 4.79 Å². The second-order valence-corrected chi connectivity index (χ2v) is 6.19. The molecule has 0 fully saturated rings. The van der Waals surface area contributed by atoms with Gasteiger partial charge in [-0.15, -0.1) is 0 Å². The zero-order valence-corrected chi connectivity index (χ0v) is 14.1. The maximum Gasteiger partial charge on any atom is 0.412 e. The lowest BCUT2D eigenvalue weighted by atomic mass is 10.2. The van der Waals surface area contributed by atoms with Crippen molar-refractivity contribution in [3.05, 3.63) is 48.3 Å². The van der Waals surface area contributed by atoms with E-state index in [2.05, 4.69) is 10.3 Å². The maximum absolute atomic E-state index is 11.7. The second-order valence-electron chi connectivity index (χ2n) is 6.19. The van der Waals surface area contributed by atoms with Gasteiger partial charge in [-0.3, -0.25) is 15.1 Å². The van der Waals surface area contributed by atoms with Gasteiger partial charge in [0.2, 0.25) is 0 Å². The molecule has 0 radical (unpaired) electrons. The average Bonchev–Trinajstić information content (AvgIpc) is 2.47. The third kappa shape index (κ3) is 5.39. The van der Waals surface area contributed by atoms with Crippen molar-refractivity contribution in [3.8, 4) is 11.5 Å². The minimum Gasteiger partial charge on any atom is -0.457 e. The molecule has 1 amide bonds. The van der Waals surface area contributed by atoms with Gasteiger partial charge < -0.3 is 9.47 Å². The molecule has 6 nitrogen and oxygen atoms in total. The zero-order chi connectivity index (χ0) is 17.7. The number of hydrogen-bond acceptors (Lipinski definition) is 5. The van der Waals surface area contributed by atoms with E-state index in [9.17, 15) is 9.59 Å². The Morgan fingerprint density at radius 2 is 1.71 bits per heavy atom. The number of ether oxygens (including phenoxy) is 2. The molecule has 1 heterocycles. The molecule has 126 valence electrons. The molecule has 0 aliphatic rings. The third-order valence-corrected chi connectivity index (χ3v) is 2.83. The SMILES string of the molecule is CC(=O)c1cc(Oc2ccc(NC(=O)OC(C)(C)C)cc2)ccn1. The van der Waals surface area contributed by atoms with Crippen molar-refractivity contribution in [2.75, 3.05) is 5.32 Å². The number of carbonyl (C=O) groups excluding carboxylic acids is 2. The van der Waals surface area contributed by atoms with E-state index in [0.717, 1.165) is 0 Å². The van der Waals surface area contributed by atoms with E-state index in [4.69, 9.17) is 9.47 Å². The van der Waals surface area contributed by atoms with Crippen LogP contribution in [0.4, 0.5) is 10.5 Å². The molecule has 2 aromatic rings. The molecule has 0 aliphatic carbocycles. The van der Waals surface area contributed by atoms with Crippen LogP contribution >= 0.6 is 0 Å². The van der Waals surface area contributed by atoms with E-state index < -0.39 is 11.7 Å². The Morgan fingerprint density at radius 3 is 2.29 bits per heavy atom. The maximum atomic E-state index is 11.7. The first-order valence-electron chi connectivity index (χ1n) is 7.48. The number of Topliss-reactive ketones (excluding diaryl/α,β-unsaturated/α-hetero) is 1. The number of hydrogen-bond donors (Lipinski definition) is 1. The predicted octanol–water partition coefficient (Wildman–Crippen LogP) is 4.42. The number of ketones is 1. The van der Waals surface area contributed by atoms with Crippen LogP contribution in [0.1, 0.15) is 38.2 Å². The van der Waals surface area contributed by atoms with Gasteiger partial charge in [-0.05, 0) is 51.1 Å². The molecule has 0 unspecified atom stereocenters. The Bertz CT molecular complexity index is 733. The Balaban J connectivity index is 2.01. The van der Waals surface area contributed by atoms with E-state index in [1.165, 1.54) is 13.1 Å². The van der Waals surface area contributed by atoms with E-state index in [1.54, 1.807) is 57.2 Å². The summed E-state index contributed by atoms with van der Waals surface area (Å²) < 4.78 is 10.9. The summed E-state index contributed by atoms with van der Waals surface area (Å²) in [6, 6.07) is 10.1. The summed E-state index contributed by atoms with van der Waals surface area (Å²) in [5, 5.41) is 2.64. The summed E-state index contributed by atoms with van der Waals surface area (Å²) >= 11 is 0. The van der Waals surface area contributed by atoms with E-state index >= 15 is 0 Å². The van der Waals surface area contributed by atoms with Crippen molar-refractivity contribution in [2.24, 2.45) is 0 Å². The summed E-state index contributed by atoms with van der Waals surface area (Å²) in [4.78, 5) is 27.0. The molecule has 0 saturated carbocycles. The van der Waals surface area contributed by atoms with Gasteiger partial charge in [-0.1, -0.05) is 0 Å². The van der Waals surface area contributed by atoms with Gasteiger partial charge in [0.15, 0.2) is 5.78 Å². The normalized spacial score (nSPS) is 10.8. The summed E-state index contributed by atoms with van der Waals surface area (Å²) in [5.74, 6) is 0.964. The van der Waals surface area contributed by atoms with Crippen molar-refractivity contribution < 1.29 is 19.1 Å². The molecular weight excluding hydrogens is 308 g/mol. The van der Waals surface area contributed by atoms with Gasteiger partial charge >= 0.3 is 6.09 Å². The minimum atomic E-state index is -0.553. The summed E-state index contributed by atoms with van der Waals surface area (Å²) in [7, 11) is 0. The molecular formula is C18H20N2O4. The third-order valence-electron chi connectivity index (χ3n) is 2.83. The second kappa shape index (κ2) is 7.12. The monoisotopic (exact) mass is 328 g/mol. The van der Waals surface area contributed by atoms with E-state index in [1.807, 2.05) is 0 Å². The van der Waals surface area contributed by atoms with Gasteiger partial charge in [0.25, 0.3) is 0 Å². The topological polar surface area (TPSA) is 77.5 Å². The number of carbonyl (C=O) groups is 2. The lowest BCUT2D eigenvalue weighted by Crippen LogP contribution is -2.27. The molecule has 0 atom stereocenters. The van der Waals surface area contributed by atoms with Gasteiger partial charge in [0.05, 0.1) is 0 Å². The fourth-order valence-electron chi connectivity index (χ4n) is 1.83. The standard InChI is InChI=1S/C18H20N2O4/c1-12(21)16-11-15(9-10-19-16)23-14-7-5-13(6-8-14)20-17(22)24-18(2,3)4/h5-11H,1-4H3,(H,20,22). The van der Waals surface area contributed by atoms with Crippen LogP contribution in [0.3, 0.4) is 0 Å². The van der Waals surface area contributed by atoms with Crippen LogP contribution in [0, 0.1) is 0 Å². The number of nitrogens with one attached hydrogen (secondary N) is 1. The summed E-state index contributed by atoms with van der Waals surface area (Å²) in [5.41, 5.74) is 0.384. The number of aromatic nitrogens is 1. The molecule has 2 rings (SSSR count). The van der Waals surface area contributed by atoms with E-state index in [-0.39, 0.29) is 5.78 Å². The van der Waals surface area contributed by atoms with Crippen molar-refractivity contribution in [3.63, 3.8) is 0 Å². The van der Waals surface area contributed by atoms with Gasteiger partial charge in [0, 0.05) is 24.9 Å². The Labute approximate surface area is 140 Å². The van der Waals surface area contributed by atoms with Crippen LogP contribution in [0.15, 0.2) is 42.6 Å². The molecule has 0 spiro atoms. The summed E-state index contributed by atoms with van der Waals surface area (Å²) in [6.45, 7) is 6.85. The molecule has 0 bridgehead atoms. The largest absolute Gasteiger partial charge is 0.457 e. The van der Waals surface area contributed by atoms with Gasteiger partial charge in [-0.2, -0.15) is 0 Å². The molecule has 0 aliphatic heterocycles. The van der Waals surface area contributed by atoms with Crippen molar-refractivity contribution in [1.29, 1.82) is 0 Å². The highest BCUT2D eigenvalue weighted by Crippen LogP contribution is 2.23. The van der Waals surface area contributed by atoms with Crippen LogP contribution in [0.25, 0.3) is 0 Å². The summed E-state index contributed by atoms with van der Waals surface area (Å²) in [6.07, 6.45) is 1.00. The average molecular weight is 328 g/mol. The molecule has 24 heavy (non-hydrogen) atoms. The molecule has 1 N–H and O–H groups in total. The Kier molecular flexibility index (Phi) is 5.18. The first kappa shape index (κ1) is 17.5.